The van der Waals surface area contributed by atoms with Gasteiger partial charge in [-0.1, -0.05) is 107 Å². The highest BCUT2D eigenvalue weighted by Gasteiger charge is 2.40. The second kappa shape index (κ2) is 20.5. The zero-order valence-corrected chi connectivity index (χ0v) is 27.1. The SMILES string of the molecule is C=C(CCC(C)=O)C(NC(=O)C(F)(F)F)C(C)C.CCCC(CC(C)C)C(=O)Nc1ccccc1.Cc1ccc(C)cc1. The number of para-hydroxylation sites is 1. The van der Waals surface area contributed by atoms with Gasteiger partial charge in [-0.15, -0.1) is 0 Å². The molecule has 0 saturated heterocycles. The lowest BCUT2D eigenvalue weighted by atomic mass is 9.92. The van der Waals surface area contributed by atoms with Gasteiger partial charge < -0.3 is 15.4 Å². The van der Waals surface area contributed by atoms with Crippen molar-refractivity contribution < 1.29 is 27.6 Å². The minimum absolute atomic E-state index is 0.0687. The normalized spacial score (nSPS) is 12.2. The molecule has 8 heteroatoms. The molecule has 2 unspecified atom stereocenters. The predicted molar refractivity (Wildman–Crippen MR) is 171 cm³/mol. The predicted octanol–water partition coefficient (Wildman–Crippen LogP) is 9.01. The van der Waals surface area contributed by atoms with Crippen molar-refractivity contribution in [1.82, 2.24) is 5.32 Å². The highest BCUT2D eigenvalue weighted by Crippen LogP contribution is 2.21. The Morgan fingerprint density at radius 2 is 1.37 bits per heavy atom. The van der Waals surface area contributed by atoms with E-state index in [9.17, 15) is 27.6 Å². The first-order valence-electron chi connectivity index (χ1n) is 14.9. The van der Waals surface area contributed by atoms with Crippen molar-refractivity contribution in [2.45, 2.75) is 99.7 Å². The van der Waals surface area contributed by atoms with Crippen molar-refractivity contribution in [2.75, 3.05) is 5.32 Å². The molecule has 2 aromatic carbocycles. The van der Waals surface area contributed by atoms with Crippen LogP contribution in [0.15, 0.2) is 66.7 Å². The van der Waals surface area contributed by atoms with Crippen molar-refractivity contribution in [3.63, 3.8) is 0 Å². The first-order chi connectivity index (χ1) is 20.0. The third-order valence-corrected chi connectivity index (χ3v) is 6.47. The minimum atomic E-state index is -4.91. The average Bonchev–Trinajstić information content (AvgIpc) is 2.92. The van der Waals surface area contributed by atoms with E-state index in [1.54, 1.807) is 13.8 Å². The van der Waals surface area contributed by atoms with E-state index < -0.39 is 18.1 Å². The van der Waals surface area contributed by atoms with E-state index in [1.807, 2.05) is 35.6 Å². The van der Waals surface area contributed by atoms with Gasteiger partial charge in [-0.25, -0.2) is 0 Å². The van der Waals surface area contributed by atoms with Crippen molar-refractivity contribution in [3.8, 4) is 0 Å². The lowest BCUT2D eigenvalue weighted by molar-refractivity contribution is -0.174. The Morgan fingerprint density at radius 3 is 1.77 bits per heavy atom. The van der Waals surface area contributed by atoms with Crippen LogP contribution >= 0.6 is 0 Å². The fourth-order valence-electron chi connectivity index (χ4n) is 4.13. The first-order valence-corrected chi connectivity index (χ1v) is 14.9. The number of hydrogen-bond donors (Lipinski definition) is 2. The first kappa shape index (κ1) is 39.6. The third-order valence-electron chi connectivity index (χ3n) is 6.47. The molecule has 5 nitrogen and oxygen atoms in total. The number of aryl methyl sites for hydroxylation is 2. The van der Waals surface area contributed by atoms with E-state index >= 15 is 0 Å². The maximum absolute atomic E-state index is 12.2. The number of amides is 2. The number of hydrogen-bond acceptors (Lipinski definition) is 3. The number of benzene rings is 2. The van der Waals surface area contributed by atoms with Crippen LogP contribution in [0.4, 0.5) is 18.9 Å². The van der Waals surface area contributed by atoms with E-state index in [0.29, 0.717) is 11.5 Å². The van der Waals surface area contributed by atoms with Gasteiger partial charge in [0.25, 0.3) is 0 Å². The summed E-state index contributed by atoms with van der Waals surface area (Å²) in [5.41, 5.74) is 3.98. The summed E-state index contributed by atoms with van der Waals surface area (Å²) >= 11 is 0. The van der Waals surface area contributed by atoms with Gasteiger partial charge in [0, 0.05) is 18.0 Å². The molecule has 0 aromatic heterocycles. The van der Waals surface area contributed by atoms with Gasteiger partial charge in [0.1, 0.15) is 5.78 Å². The van der Waals surface area contributed by atoms with Crippen molar-refractivity contribution >= 4 is 23.3 Å². The molecule has 2 atom stereocenters. The van der Waals surface area contributed by atoms with E-state index in [4.69, 9.17) is 0 Å². The van der Waals surface area contributed by atoms with Crippen LogP contribution < -0.4 is 10.6 Å². The lowest BCUT2D eigenvalue weighted by Gasteiger charge is -2.25. The Labute approximate surface area is 256 Å². The molecule has 240 valence electrons. The number of rotatable bonds is 12. The Morgan fingerprint density at radius 1 is 0.860 bits per heavy atom. The maximum atomic E-state index is 12.2. The Hall–Kier alpha value is -3.42. The van der Waals surface area contributed by atoms with Crippen LogP contribution in [0.25, 0.3) is 0 Å². The molecule has 0 aliphatic rings. The maximum Gasteiger partial charge on any atom is 0.471 e. The van der Waals surface area contributed by atoms with Crippen LogP contribution in [0.1, 0.15) is 84.8 Å². The number of carbonyl (C=O) groups is 3. The summed E-state index contributed by atoms with van der Waals surface area (Å²) in [4.78, 5) is 33.8. The van der Waals surface area contributed by atoms with Gasteiger partial charge >= 0.3 is 12.1 Å². The molecule has 43 heavy (non-hydrogen) atoms. The molecule has 0 radical (unpaired) electrons. The molecule has 0 bridgehead atoms. The van der Waals surface area contributed by atoms with E-state index in [-0.39, 0.29) is 36.4 Å². The molecule has 2 rings (SSSR count). The fraction of sp³-hybridized carbons (Fsp3) is 0.514. The molecule has 2 aromatic rings. The molecule has 2 N–H and O–H groups in total. The van der Waals surface area contributed by atoms with E-state index in [0.717, 1.165) is 24.9 Å². The van der Waals surface area contributed by atoms with Gasteiger partial charge in [-0.05, 0) is 64.0 Å². The molecule has 0 fully saturated rings. The summed E-state index contributed by atoms with van der Waals surface area (Å²) in [6.45, 7) is 19.1. The Bertz CT molecular complexity index is 1090. The van der Waals surface area contributed by atoms with Crippen LogP contribution in [-0.2, 0) is 14.4 Å². The number of ketones is 1. The van der Waals surface area contributed by atoms with Crippen LogP contribution in [0, 0.1) is 31.6 Å². The third kappa shape index (κ3) is 18.7. The Kier molecular flexibility index (Phi) is 18.9. The van der Waals surface area contributed by atoms with Crippen LogP contribution in [-0.4, -0.2) is 29.8 Å². The monoisotopic (exact) mass is 604 g/mol. The van der Waals surface area contributed by atoms with Crippen LogP contribution in [0.5, 0.6) is 0 Å². The topological polar surface area (TPSA) is 75.3 Å². The standard InChI is InChI=1S/C15H23NO.C12H18F3NO2.C8H10/c1-4-8-13(11-12(2)3)15(17)16-14-9-6-5-7-10-14;1-7(2)10(8(3)5-6-9(4)17)16-11(18)12(13,14)15;1-7-3-5-8(2)6-4-7/h5-7,9-10,12-13H,4,8,11H2,1-3H3,(H,16,17);7,10H,3,5-6H2,1-2,4H3,(H,16,18);3-6H,1-2H3. The number of alkyl halides is 3. The molecule has 0 aliphatic carbocycles. The summed E-state index contributed by atoms with van der Waals surface area (Å²) in [7, 11) is 0. The molecule has 0 spiro atoms. The van der Waals surface area contributed by atoms with E-state index in [2.05, 4.69) is 70.8 Å². The smallest absolute Gasteiger partial charge is 0.342 e. The average molecular weight is 605 g/mol. The summed E-state index contributed by atoms with van der Waals surface area (Å²) in [5, 5.41) is 4.90. The highest BCUT2D eigenvalue weighted by molar-refractivity contribution is 5.92. The molecular formula is C35H51F3N2O3. The van der Waals surface area contributed by atoms with Crippen LogP contribution in [0.3, 0.4) is 0 Å². The van der Waals surface area contributed by atoms with Gasteiger partial charge in [0.15, 0.2) is 0 Å². The van der Waals surface area contributed by atoms with Gasteiger partial charge in [0.05, 0.1) is 6.04 Å². The second-order valence-electron chi connectivity index (χ2n) is 11.7. The fourth-order valence-corrected chi connectivity index (χ4v) is 4.13. The van der Waals surface area contributed by atoms with Crippen molar-refractivity contribution in [1.29, 1.82) is 0 Å². The molecule has 0 aliphatic heterocycles. The van der Waals surface area contributed by atoms with Crippen LogP contribution in [0.2, 0.25) is 0 Å². The number of carbonyl (C=O) groups excluding carboxylic acids is 3. The number of nitrogens with one attached hydrogen (secondary N) is 2. The summed E-state index contributed by atoms with van der Waals surface area (Å²) in [6, 6.07) is 17.4. The molecular weight excluding hydrogens is 553 g/mol. The number of anilines is 1. The largest absolute Gasteiger partial charge is 0.471 e. The van der Waals surface area contributed by atoms with Crippen molar-refractivity contribution in [3.05, 3.63) is 77.9 Å². The quantitative estimate of drug-likeness (QED) is 0.237. The number of halogens is 3. The van der Waals surface area contributed by atoms with Crippen molar-refractivity contribution in [2.24, 2.45) is 17.8 Å². The van der Waals surface area contributed by atoms with E-state index in [1.165, 1.54) is 18.1 Å². The summed E-state index contributed by atoms with van der Waals surface area (Å²) in [5.74, 6) is -1.42. The summed E-state index contributed by atoms with van der Waals surface area (Å²) < 4.78 is 36.5. The zero-order chi connectivity index (χ0) is 33.2. The highest BCUT2D eigenvalue weighted by atomic mass is 19.4. The lowest BCUT2D eigenvalue weighted by Crippen LogP contribution is -2.46. The molecule has 0 saturated carbocycles. The molecule has 2 amide bonds. The van der Waals surface area contributed by atoms with Gasteiger partial charge in [-0.3, -0.25) is 9.59 Å². The second-order valence-corrected chi connectivity index (χ2v) is 11.7. The zero-order valence-electron chi connectivity index (χ0n) is 27.1. The van der Waals surface area contributed by atoms with Gasteiger partial charge in [0.2, 0.25) is 5.91 Å². The number of Topliss-reactive ketones (excluding diaryl/α,β-unsaturated/α-hetero) is 1. The Balaban J connectivity index is 0.000000656. The molecule has 0 heterocycles. The minimum Gasteiger partial charge on any atom is -0.342 e. The summed E-state index contributed by atoms with van der Waals surface area (Å²) in [6.07, 6.45) is -1.43. The van der Waals surface area contributed by atoms with Gasteiger partial charge in [-0.2, -0.15) is 13.2 Å².